The van der Waals surface area contributed by atoms with Crippen LogP contribution in [0.5, 0.6) is 0 Å². The van der Waals surface area contributed by atoms with Crippen molar-refractivity contribution in [3.05, 3.63) is 0 Å². The summed E-state index contributed by atoms with van der Waals surface area (Å²) in [4.78, 5) is 80.9. The summed E-state index contributed by atoms with van der Waals surface area (Å²) < 4.78 is 0. The lowest BCUT2D eigenvalue weighted by Crippen LogP contribution is -2.58. The molecule has 0 aromatic rings. The van der Waals surface area contributed by atoms with Gasteiger partial charge < -0.3 is 49.1 Å². The molecule has 13 N–H and O–H groups in total. The summed E-state index contributed by atoms with van der Waals surface area (Å²) >= 11 is 0. The highest BCUT2D eigenvalue weighted by molar-refractivity contribution is 5.96. The van der Waals surface area contributed by atoms with Gasteiger partial charge >= 0.3 is 5.97 Å². The summed E-state index contributed by atoms with van der Waals surface area (Å²) in [5, 5.41) is 24.6. The fraction of sp³-hybridized carbons (Fsp3) is 0.562. The van der Waals surface area contributed by atoms with Crippen LogP contribution in [-0.2, 0) is 33.6 Å². The Bertz CT molecular complexity index is 758. The van der Waals surface area contributed by atoms with E-state index in [2.05, 4.69) is 0 Å². The van der Waals surface area contributed by atoms with Crippen LogP contribution in [0, 0.1) is 0 Å². The minimum atomic E-state index is -1.68. The third kappa shape index (κ3) is 10.8. The van der Waals surface area contributed by atoms with Gasteiger partial charge in [-0.15, -0.1) is 0 Å². The molecule has 0 saturated heterocycles. The molecule has 0 saturated carbocycles. The first kappa shape index (κ1) is 28.2. The van der Waals surface area contributed by atoms with Crippen molar-refractivity contribution in [3.8, 4) is 0 Å². The van der Waals surface area contributed by atoms with Crippen molar-refractivity contribution in [2.24, 2.45) is 22.9 Å². The molecule has 0 aliphatic carbocycles. The number of hydrogen-bond donors (Lipinski definition) is 9. The van der Waals surface area contributed by atoms with E-state index in [9.17, 15) is 38.7 Å². The normalized spacial score (nSPS) is 14.2. The Hall–Kier alpha value is -3.79. The van der Waals surface area contributed by atoms with E-state index in [1.165, 1.54) is 0 Å². The zero-order valence-electron chi connectivity index (χ0n) is 16.9. The van der Waals surface area contributed by atoms with E-state index in [0.717, 1.165) is 0 Å². The molecule has 0 rings (SSSR count). The van der Waals surface area contributed by atoms with Gasteiger partial charge in [0, 0.05) is 6.42 Å². The van der Waals surface area contributed by atoms with Gasteiger partial charge in [0.05, 0.1) is 25.5 Å². The molecule has 16 nitrogen and oxygen atoms in total. The Labute approximate surface area is 181 Å². The Morgan fingerprint density at radius 2 is 1.16 bits per heavy atom. The molecule has 32 heavy (non-hydrogen) atoms. The van der Waals surface area contributed by atoms with Crippen LogP contribution in [0.15, 0.2) is 0 Å². The summed E-state index contributed by atoms with van der Waals surface area (Å²) in [6.07, 6.45) is -2.03. The van der Waals surface area contributed by atoms with Gasteiger partial charge in [0.1, 0.15) is 18.1 Å². The first-order valence-corrected chi connectivity index (χ1v) is 9.13. The maximum Gasteiger partial charge on any atom is 0.326 e. The topological polar surface area (TPSA) is 300 Å². The molecule has 0 radical (unpaired) electrons. The molecule has 0 fully saturated rings. The van der Waals surface area contributed by atoms with Gasteiger partial charge in [-0.1, -0.05) is 0 Å². The molecule has 0 aliphatic rings. The highest BCUT2D eigenvalue weighted by atomic mass is 16.4. The van der Waals surface area contributed by atoms with Crippen LogP contribution in [0.2, 0.25) is 0 Å². The van der Waals surface area contributed by atoms with E-state index in [1.54, 1.807) is 0 Å². The molecule has 16 heteroatoms. The van der Waals surface area contributed by atoms with Crippen molar-refractivity contribution in [3.63, 3.8) is 0 Å². The van der Waals surface area contributed by atoms with Crippen molar-refractivity contribution in [1.82, 2.24) is 16.0 Å². The third-order valence-corrected chi connectivity index (χ3v) is 3.91. The van der Waals surface area contributed by atoms with Crippen molar-refractivity contribution < 1.29 is 43.8 Å². The molecule has 0 aromatic heterocycles. The lowest BCUT2D eigenvalue weighted by Gasteiger charge is -2.23. The van der Waals surface area contributed by atoms with Crippen LogP contribution in [-0.4, -0.2) is 82.4 Å². The second kappa shape index (κ2) is 13.5. The van der Waals surface area contributed by atoms with Crippen molar-refractivity contribution in [2.45, 2.75) is 49.9 Å². The molecule has 0 aliphatic heterocycles. The predicted molar refractivity (Wildman–Crippen MR) is 105 cm³/mol. The summed E-state index contributed by atoms with van der Waals surface area (Å²) in [7, 11) is 0. The zero-order chi connectivity index (χ0) is 25.0. The summed E-state index contributed by atoms with van der Waals surface area (Å²) in [6.45, 7) is -0.956. The fourth-order valence-electron chi connectivity index (χ4n) is 2.28. The van der Waals surface area contributed by atoms with Gasteiger partial charge in [-0.3, -0.25) is 28.8 Å². The number of rotatable bonds is 15. The van der Waals surface area contributed by atoms with E-state index in [1.807, 2.05) is 16.0 Å². The number of primary amides is 3. The van der Waals surface area contributed by atoms with Crippen molar-refractivity contribution in [1.29, 1.82) is 0 Å². The van der Waals surface area contributed by atoms with Crippen LogP contribution in [0.4, 0.5) is 0 Å². The minimum Gasteiger partial charge on any atom is -0.480 e. The first-order valence-electron chi connectivity index (χ1n) is 9.13. The summed E-state index contributed by atoms with van der Waals surface area (Å²) in [5.74, 6) is -7.54. The van der Waals surface area contributed by atoms with Gasteiger partial charge in [-0.2, -0.15) is 0 Å². The van der Waals surface area contributed by atoms with Crippen LogP contribution in [0.3, 0.4) is 0 Å². The Morgan fingerprint density at radius 1 is 0.688 bits per heavy atom. The number of carboxylic acids is 1. The highest BCUT2D eigenvalue weighted by Crippen LogP contribution is 2.01. The maximum atomic E-state index is 12.4. The molecule has 0 aromatic carbocycles. The quantitative estimate of drug-likeness (QED) is 0.111. The fourth-order valence-corrected chi connectivity index (χ4v) is 2.28. The molecule has 4 unspecified atom stereocenters. The maximum absolute atomic E-state index is 12.4. The number of aliphatic hydroxyl groups excluding tert-OH is 1. The molecule has 180 valence electrons. The Kier molecular flexibility index (Phi) is 11.9. The Balaban J connectivity index is 5.30. The van der Waals surface area contributed by atoms with Crippen LogP contribution in [0.25, 0.3) is 0 Å². The average Bonchev–Trinajstić information content (AvgIpc) is 2.66. The number of carboxylic acid groups (broad SMARTS) is 1. The zero-order valence-corrected chi connectivity index (χ0v) is 16.9. The number of nitrogens with one attached hydrogen (secondary N) is 3. The van der Waals surface area contributed by atoms with Gasteiger partial charge in [-0.05, 0) is 6.42 Å². The smallest absolute Gasteiger partial charge is 0.326 e. The number of aliphatic carboxylic acids is 1. The van der Waals surface area contributed by atoms with E-state index in [4.69, 9.17) is 28.0 Å². The number of nitrogens with two attached hydrogens (primary N) is 4. The van der Waals surface area contributed by atoms with E-state index in [0.29, 0.717) is 0 Å². The monoisotopic (exact) mass is 461 g/mol. The number of aliphatic hydroxyl groups is 1. The van der Waals surface area contributed by atoms with E-state index in [-0.39, 0.29) is 12.8 Å². The van der Waals surface area contributed by atoms with Crippen molar-refractivity contribution >= 4 is 41.4 Å². The number of amides is 6. The average molecular weight is 461 g/mol. The molecular formula is C16H27N7O9. The largest absolute Gasteiger partial charge is 0.480 e. The highest BCUT2D eigenvalue weighted by Gasteiger charge is 2.31. The number of carbonyl (C=O) groups is 7. The molecular weight excluding hydrogens is 434 g/mol. The van der Waals surface area contributed by atoms with Crippen LogP contribution < -0.4 is 38.9 Å². The third-order valence-electron chi connectivity index (χ3n) is 3.91. The molecule has 0 heterocycles. The van der Waals surface area contributed by atoms with Crippen molar-refractivity contribution in [2.75, 3.05) is 6.61 Å². The second-order valence-corrected chi connectivity index (χ2v) is 6.66. The SMILES string of the molecule is NC(=O)CCC(NC(=O)C(CC(N)=O)NC(=O)C(CO)NC(=O)C(N)CC(N)=O)C(=O)O. The van der Waals surface area contributed by atoms with Gasteiger partial charge in [0.25, 0.3) is 0 Å². The minimum absolute atomic E-state index is 0.360. The standard InChI is InChI=1S/C16H27N7O9/c17-6(3-11(19)26)13(28)23-9(5-24)15(30)22-8(4-12(20)27)14(29)21-7(16(31)32)1-2-10(18)25/h6-9,24H,1-5,17H2,(H2,18,25)(H2,19,26)(H2,20,27)(H,21,29)(H,22,30)(H,23,28)(H,31,32). The lowest BCUT2D eigenvalue weighted by atomic mass is 10.1. The van der Waals surface area contributed by atoms with Crippen LogP contribution >= 0.6 is 0 Å². The summed E-state index contributed by atoms with van der Waals surface area (Å²) in [5.41, 5.74) is 20.3. The molecule has 6 amide bonds. The van der Waals surface area contributed by atoms with E-state index >= 15 is 0 Å². The lowest BCUT2D eigenvalue weighted by molar-refractivity contribution is -0.142. The van der Waals surface area contributed by atoms with Gasteiger partial charge in [-0.25, -0.2) is 4.79 Å². The molecule has 0 spiro atoms. The number of carbonyl (C=O) groups excluding carboxylic acids is 6. The summed E-state index contributed by atoms with van der Waals surface area (Å²) in [6, 6.07) is -6.31. The van der Waals surface area contributed by atoms with E-state index < -0.39 is 85.0 Å². The first-order chi connectivity index (χ1) is 14.8. The predicted octanol–water partition coefficient (Wildman–Crippen LogP) is -6.14. The molecule has 0 bridgehead atoms. The second-order valence-electron chi connectivity index (χ2n) is 6.66. The Morgan fingerprint density at radius 3 is 1.59 bits per heavy atom. The van der Waals surface area contributed by atoms with Gasteiger partial charge in [0.2, 0.25) is 35.4 Å². The van der Waals surface area contributed by atoms with Crippen LogP contribution in [0.1, 0.15) is 25.7 Å². The molecule has 4 atom stereocenters. The number of hydrogen-bond acceptors (Lipinski definition) is 9. The van der Waals surface area contributed by atoms with Gasteiger partial charge in [0.15, 0.2) is 0 Å².